The lowest BCUT2D eigenvalue weighted by Crippen LogP contribution is -2.29. The van der Waals surface area contributed by atoms with Crippen molar-refractivity contribution in [3.05, 3.63) is 48.0 Å². The average Bonchev–Trinajstić information content (AvgIpc) is 3.11. The molecule has 2 aromatic carbocycles. The van der Waals surface area contributed by atoms with E-state index in [2.05, 4.69) is 17.2 Å². The topological polar surface area (TPSA) is 66.0 Å². The molecule has 1 aliphatic rings. The summed E-state index contributed by atoms with van der Waals surface area (Å²) in [5.74, 6) is 8.13. The molecule has 0 bridgehead atoms. The van der Waals surface area contributed by atoms with Crippen LogP contribution in [0, 0.1) is 18.8 Å². The maximum atomic E-state index is 11.7. The Balaban J connectivity index is 1.33. The van der Waals surface area contributed by atoms with Crippen LogP contribution in [0.25, 0.3) is 0 Å². The van der Waals surface area contributed by atoms with Crippen LogP contribution in [0.4, 0.5) is 0 Å². The molecule has 0 fully saturated rings. The normalized spacial score (nSPS) is 11.3. The molecule has 2 aromatic rings. The first-order valence-electron chi connectivity index (χ1n) is 8.15. The van der Waals surface area contributed by atoms with Crippen molar-refractivity contribution in [1.29, 1.82) is 0 Å². The highest BCUT2D eigenvalue weighted by atomic mass is 16.7. The number of rotatable bonds is 6. The van der Waals surface area contributed by atoms with Crippen molar-refractivity contribution in [3.8, 4) is 34.8 Å². The Morgan fingerprint density at radius 2 is 1.92 bits per heavy atom. The number of carbonyl (C=O) groups is 1. The summed E-state index contributed by atoms with van der Waals surface area (Å²) in [7, 11) is 0. The van der Waals surface area contributed by atoms with Crippen LogP contribution in [0.1, 0.15) is 5.56 Å². The third-order valence-electron chi connectivity index (χ3n) is 3.51. The fraction of sp³-hybridized carbons (Fsp3) is 0.250. The molecule has 1 aliphatic heterocycles. The van der Waals surface area contributed by atoms with Crippen molar-refractivity contribution < 1.29 is 23.7 Å². The highest BCUT2D eigenvalue weighted by Crippen LogP contribution is 2.34. The SMILES string of the molecule is Cc1cccc(OCC(=O)NCC#CCOc2ccc3c(c2)OCO3)c1. The minimum absolute atomic E-state index is 0.0428. The standard InChI is InChI=1S/C20H19NO5/c1-15-5-4-6-16(11-15)24-13-20(22)21-9-2-3-10-23-17-7-8-18-19(12-17)26-14-25-18/h4-8,11-12H,9-10,13-14H2,1H3,(H,21,22). The third kappa shape index (κ3) is 5.08. The lowest BCUT2D eigenvalue weighted by molar-refractivity contribution is -0.122. The van der Waals surface area contributed by atoms with Gasteiger partial charge in [-0.2, -0.15) is 0 Å². The molecule has 26 heavy (non-hydrogen) atoms. The maximum absolute atomic E-state index is 11.7. The van der Waals surface area contributed by atoms with E-state index in [1.54, 1.807) is 18.2 Å². The zero-order valence-electron chi connectivity index (χ0n) is 14.4. The van der Waals surface area contributed by atoms with Gasteiger partial charge in [0.15, 0.2) is 18.1 Å². The number of benzene rings is 2. The Kier molecular flexibility index (Phi) is 5.84. The average molecular weight is 353 g/mol. The number of ether oxygens (including phenoxy) is 4. The molecular weight excluding hydrogens is 334 g/mol. The van der Waals surface area contributed by atoms with Gasteiger partial charge in [0.1, 0.15) is 18.1 Å². The van der Waals surface area contributed by atoms with Crippen LogP contribution in [-0.4, -0.2) is 32.5 Å². The largest absolute Gasteiger partial charge is 0.484 e. The van der Waals surface area contributed by atoms with E-state index in [4.69, 9.17) is 18.9 Å². The summed E-state index contributed by atoms with van der Waals surface area (Å²) in [4.78, 5) is 11.7. The number of hydrogen-bond acceptors (Lipinski definition) is 5. The summed E-state index contributed by atoms with van der Waals surface area (Å²) in [5.41, 5.74) is 1.08. The van der Waals surface area contributed by atoms with E-state index in [-0.39, 0.29) is 32.5 Å². The van der Waals surface area contributed by atoms with E-state index in [0.717, 1.165) is 5.56 Å². The van der Waals surface area contributed by atoms with Crippen LogP contribution in [0.3, 0.4) is 0 Å². The molecule has 0 spiro atoms. The van der Waals surface area contributed by atoms with Crippen molar-refractivity contribution >= 4 is 5.91 Å². The number of nitrogens with one attached hydrogen (secondary N) is 1. The van der Waals surface area contributed by atoms with Crippen LogP contribution >= 0.6 is 0 Å². The minimum atomic E-state index is -0.225. The van der Waals surface area contributed by atoms with Crippen molar-refractivity contribution in [3.63, 3.8) is 0 Å². The van der Waals surface area contributed by atoms with Gasteiger partial charge in [-0.1, -0.05) is 24.0 Å². The van der Waals surface area contributed by atoms with Gasteiger partial charge in [-0.3, -0.25) is 4.79 Å². The van der Waals surface area contributed by atoms with Crippen LogP contribution in [0.5, 0.6) is 23.0 Å². The zero-order chi connectivity index (χ0) is 18.2. The first kappa shape index (κ1) is 17.5. The van der Waals surface area contributed by atoms with Crippen LogP contribution in [0.2, 0.25) is 0 Å². The summed E-state index contributed by atoms with van der Waals surface area (Å²) in [5, 5.41) is 2.67. The highest BCUT2D eigenvalue weighted by Gasteiger charge is 2.13. The maximum Gasteiger partial charge on any atom is 0.258 e. The molecule has 1 amide bonds. The molecule has 3 rings (SSSR count). The predicted molar refractivity (Wildman–Crippen MR) is 95.5 cm³/mol. The summed E-state index contributed by atoms with van der Waals surface area (Å²) >= 11 is 0. The summed E-state index contributed by atoms with van der Waals surface area (Å²) < 4.78 is 21.4. The zero-order valence-corrected chi connectivity index (χ0v) is 14.4. The van der Waals surface area contributed by atoms with E-state index in [0.29, 0.717) is 23.0 Å². The van der Waals surface area contributed by atoms with Gasteiger partial charge in [0.2, 0.25) is 6.79 Å². The molecule has 0 aliphatic carbocycles. The van der Waals surface area contributed by atoms with Crippen LogP contribution < -0.4 is 24.3 Å². The molecule has 1 heterocycles. The summed E-state index contributed by atoms with van der Waals surface area (Å²) in [6.07, 6.45) is 0. The third-order valence-corrected chi connectivity index (χ3v) is 3.51. The monoisotopic (exact) mass is 353 g/mol. The van der Waals surface area contributed by atoms with Gasteiger partial charge < -0.3 is 24.3 Å². The Morgan fingerprint density at radius 1 is 1.08 bits per heavy atom. The smallest absolute Gasteiger partial charge is 0.258 e. The molecule has 6 heteroatoms. The molecule has 0 unspecified atom stereocenters. The van der Waals surface area contributed by atoms with Gasteiger partial charge in [-0.25, -0.2) is 0 Å². The van der Waals surface area contributed by atoms with Gasteiger partial charge in [0.05, 0.1) is 6.54 Å². The predicted octanol–water partition coefficient (Wildman–Crippen LogP) is 2.30. The van der Waals surface area contributed by atoms with Gasteiger partial charge in [0, 0.05) is 6.07 Å². The van der Waals surface area contributed by atoms with Gasteiger partial charge in [0.25, 0.3) is 5.91 Å². The van der Waals surface area contributed by atoms with E-state index in [1.165, 1.54) is 0 Å². The molecule has 0 radical (unpaired) electrons. The molecule has 0 saturated carbocycles. The summed E-state index contributed by atoms with van der Waals surface area (Å²) in [6, 6.07) is 12.9. The fourth-order valence-corrected chi connectivity index (χ4v) is 2.25. The first-order valence-corrected chi connectivity index (χ1v) is 8.15. The highest BCUT2D eigenvalue weighted by molar-refractivity contribution is 5.77. The van der Waals surface area contributed by atoms with E-state index < -0.39 is 0 Å². The second-order valence-electron chi connectivity index (χ2n) is 5.54. The molecule has 0 aromatic heterocycles. The molecular formula is C20H19NO5. The van der Waals surface area contributed by atoms with Gasteiger partial charge in [-0.15, -0.1) is 0 Å². The minimum Gasteiger partial charge on any atom is -0.484 e. The van der Waals surface area contributed by atoms with Crippen LogP contribution in [-0.2, 0) is 4.79 Å². The summed E-state index contributed by atoms with van der Waals surface area (Å²) in [6.45, 7) is 2.61. The lowest BCUT2D eigenvalue weighted by Gasteiger charge is -2.06. The number of hydrogen-bond donors (Lipinski definition) is 1. The second kappa shape index (κ2) is 8.67. The Hall–Kier alpha value is -3.33. The van der Waals surface area contributed by atoms with Gasteiger partial charge in [-0.05, 0) is 36.8 Å². The number of carbonyl (C=O) groups excluding carboxylic acids is 1. The van der Waals surface area contributed by atoms with Gasteiger partial charge >= 0.3 is 0 Å². The van der Waals surface area contributed by atoms with E-state index >= 15 is 0 Å². The number of amides is 1. The fourth-order valence-electron chi connectivity index (χ4n) is 2.25. The molecule has 0 saturated heterocycles. The van der Waals surface area contributed by atoms with Crippen LogP contribution in [0.15, 0.2) is 42.5 Å². The molecule has 6 nitrogen and oxygen atoms in total. The van der Waals surface area contributed by atoms with Crippen molar-refractivity contribution in [2.45, 2.75) is 6.92 Å². The molecule has 134 valence electrons. The Bertz CT molecular complexity index is 838. The lowest BCUT2D eigenvalue weighted by atomic mass is 10.2. The molecule has 1 N–H and O–H groups in total. The van der Waals surface area contributed by atoms with E-state index in [1.807, 2.05) is 31.2 Å². The number of aryl methyl sites for hydroxylation is 1. The Morgan fingerprint density at radius 3 is 2.81 bits per heavy atom. The van der Waals surface area contributed by atoms with Crippen molar-refractivity contribution in [2.75, 3.05) is 26.6 Å². The first-order chi connectivity index (χ1) is 12.7. The number of fused-ring (bicyclic) bond motifs is 1. The van der Waals surface area contributed by atoms with Crippen molar-refractivity contribution in [2.24, 2.45) is 0 Å². The quantitative estimate of drug-likeness (QED) is 0.808. The molecule has 0 atom stereocenters. The Labute approximate surface area is 152 Å². The van der Waals surface area contributed by atoms with Crippen molar-refractivity contribution in [1.82, 2.24) is 5.32 Å². The second-order valence-corrected chi connectivity index (χ2v) is 5.54. The van der Waals surface area contributed by atoms with E-state index in [9.17, 15) is 4.79 Å².